The molecule has 0 saturated carbocycles. The number of aromatic nitrogens is 1. The van der Waals surface area contributed by atoms with Gasteiger partial charge in [0.15, 0.2) is 0 Å². The van der Waals surface area contributed by atoms with Gasteiger partial charge in [-0.2, -0.15) is 0 Å². The van der Waals surface area contributed by atoms with Crippen molar-refractivity contribution in [2.45, 2.75) is 6.43 Å². The summed E-state index contributed by atoms with van der Waals surface area (Å²) in [4.78, 5) is 14.3. The van der Waals surface area contributed by atoms with Gasteiger partial charge in [-0.25, -0.2) is 13.8 Å². The number of amides is 1. The molecular weight excluding hydrogens is 373 g/mol. The summed E-state index contributed by atoms with van der Waals surface area (Å²) in [6.45, 7) is 0. The molecule has 2 N–H and O–H groups in total. The zero-order chi connectivity index (χ0) is 10.9. The molecule has 0 fully saturated rings. The SMILES string of the molecule is NC(=O)c1nc(C(F)F)c(I)cc1Br. The van der Waals surface area contributed by atoms with Crippen LogP contribution in [0.2, 0.25) is 0 Å². The van der Waals surface area contributed by atoms with Crippen molar-refractivity contribution in [3.05, 3.63) is 25.5 Å². The molecule has 3 nitrogen and oxygen atoms in total. The molecule has 0 aromatic carbocycles. The van der Waals surface area contributed by atoms with Crippen LogP contribution in [-0.4, -0.2) is 10.9 Å². The van der Waals surface area contributed by atoms with Crippen molar-refractivity contribution in [2.24, 2.45) is 5.73 Å². The van der Waals surface area contributed by atoms with E-state index in [0.29, 0.717) is 4.47 Å². The van der Waals surface area contributed by atoms with E-state index in [1.54, 1.807) is 22.6 Å². The van der Waals surface area contributed by atoms with Gasteiger partial charge in [-0.05, 0) is 44.6 Å². The topological polar surface area (TPSA) is 56.0 Å². The van der Waals surface area contributed by atoms with E-state index in [-0.39, 0.29) is 9.26 Å². The summed E-state index contributed by atoms with van der Waals surface area (Å²) < 4.78 is 25.3. The second-order valence-corrected chi connectivity index (χ2v) is 4.37. The summed E-state index contributed by atoms with van der Waals surface area (Å²) in [6.07, 6.45) is -2.71. The van der Waals surface area contributed by atoms with Crippen molar-refractivity contribution in [3.8, 4) is 0 Å². The third-order valence-corrected chi connectivity index (χ3v) is 2.87. The average molecular weight is 377 g/mol. The van der Waals surface area contributed by atoms with Crippen molar-refractivity contribution in [2.75, 3.05) is 0 Å². The lowest BCUT2D eigenvalue weighted by molar-refractivity contribution is 0.0992. The number of primary amides is 1. The van der Waals surface area contributed by atoms with Crippen LogP contribution in [0.1, 0.15) is 22.6 Å². The lowest BCUT2D eigenvalue weighted by Crippen LogP contribution is -2.15. The highest BCUT2D eigenvalue weighted by Crippen LogP contribution is 2.26. The number of rotatable bonds is 2. The van der Waals surface area contributed by atoms with Crippen LogP contribution in [0.4, 0.5) is 8.78 Å². The van der Waals surface area contributed by atoms with Crippen LogP contribution in [0.3, 0.4) is 0 Å². The molecule has 0 bridgehead atoms. The van der Waals surface area contributed by atoms with Crippen LogP contribution in [0.25, 0.3) is 0 Å². The van der Waals surface area contributed by atoms with Crippen molar-refractivity contribution in [3.63, 3.8) is 0 Å². The normalized spacial score (nSPS) is 10.6. The lowest BCUT2D eigenvalue weighted by Gasteiger charge is -2.05. The van der Waals surface area contributed by atoms with Gasteiger partial charge in [-0.1, -0.05) is 0 Å². The van der Waals surface area contributed by atoms with Crippen molar-refractivity contribution in [1.29, 1.82) is 0 Å². The zero-order valence-electron chi connectivity index (χ0n) is 6.60. The lowest BCUT2D eigenvalue weighted by atomic mass is 10.3. The predicted molar refractivity (Wildman–Crippen MR) is 58.1 cm³/mol. The van der Waals surface area contributed by atoms with Crippen LogP contribution in [0.15, 0.2) is 10.5 Å². The molecule has 0 aliphatic rings. The maximum absolute atomic E-state index is 12.4. The monoisotopic (exact) mass is 376 g/mol. The summed E-state index contributed by atoms with van der Waals surface area (Å²) in [5, 5.41) is 0. The Bertz CT molecular complexity index is 386. The van der Waals surface area contributed by atoms with Gasteiger partial charge in [-0.15, -0.1) is 0 Å². The molecule has 0 unspecified atom stereocenters. The highest BCUT2D eigenvalue weighted by Gasteiger charge is 2.18. The van der Waals surface area contributed by atoms with Gasteiger partial charge in [0, 0.05) is 8.04 Å². The molecule has 0 spiro atoms. The van der Waals surface area contributed by atoms with Crippen LogP contribution in [-0.2, 0) is 0 Å². The minimum atomic E-state index is -2.71. The number of carbonyl (C=O) groups is 1. The standard InChI is InChI=1S/C7H4BrF2IN2O/c8-2-1-3(11)5(6(9)10)13-4(2)7(12)14/h1,6H,(H2,12,14). The number of hydrogen-bond acceptors (Lipinski definition) is 2. The Kier molecular flexibility index (Phi) is 3.76. The van der Waals surface area contributed by atoms with Crippen LogP contribution in [0, 0.1) is 3.57 Å². The van der Waals surface area contributed by atoms with E-state index in [2.05, 4.69) is 20.9 Å². The van der Waals surface area contributed by atoms with Gasteiger partial charge >= 0.3 is 0 Å². The first-order valence-corrected chi connectivity index (χ1v) is 5.24. The Labute approximate surface area is 100 Å². The highest BCUT2D eigenvalue weighted by atomic mass is 127. The number of hydrogen-bond donors (Lipinski definition) is 1. The van der Waals surface area contributed by atoms with Crippen molar-refractivity contribution >= 4 is 44.4 Å². The van der Waals surface area contributed by atoms with Crippen molar-refractivity contribution < 1.29 is 13.6 Å². The second kappa shape index (κ2) is 4.47. The molecule has 76 valence electrons. The van der Waals surface area contributed by atoms with E-state index in [1.165, 1.54) is 6.07 Å². The van der Waals surface area contributed by atoms with Gasteiger partial charge in [0.1, 0.15) is 11.4 Å². The maximum atomic E-state index is 12.4. The molecule has 1 amide bonds. The Morgan fingerprint density at radius 3 is 2.64 bits per heavy atom. The second-order valence-electron chi connectivity index (χ2n) is 2.35. The number of nitrogens with two attached hydrogens (primary N) is 1. The Balaban J connectivity index is 3.34. The molecule has 1 heterocycles. The Hall–Kier alpha value is -0.310. The quantitative estimate of drug-likeness (QED) is 0.806. The fourth-order valence-corrected chi connectivity index (χ4v) is 2.41. The smallest absolute Gasteiger partial charge is 0.281 e. The van der Waals surface area contributed by atoms with E-state index >= 15 is 0 Å². The van der Waals surface area contributed by atoms with E-state index in [4.69, 9.17) is 5.73 Å². The predicted octanol–water partition coefficient (Wildman–Crippen LogP) is 2.49. The Morgan fingerprint density at radius 2 is 2.21 bits per heavy atom. The number of nitrogens with zero attached hydrogens (tertiary/aromatic N) is 1. The largest absolute Gasteiger partial charge is 0.364 e. The zero-order valence-corrected chi connectivity index (χ0v) is 10.3. The summed E-state index contributed by atoms with van der Waals surface area (Å²) in [7, 11) is 0. The molecule has 0 saturated heterocycles. The summed E-state index contributed by atoms with van der Waals surface area (Å²) in [6, 6.07) is 1.38. The Morgan fingerprint density at radius 1 is 1.64 bits per heavy atom. The molecule has 14 heavy (non-hydrogen) atoms. The summed E-state index contributed by atoms with van der Waals surface area (Å²) >= 11 is 4.73. The molecule has 1 rings (SSSR count). The molecule has 1 aromatic rings. The molecular formula is C7H4BrF2IN2O. The number of carbonyl (C=O) groups excluding carboxylic acids is 1. The van der Waals surface area contributed by atoms with Gasteiger partial charge in [0.25, 0.3) is 12.3 Å². The van der Waals surface area contributed by atoms with Crippen LogP contribution < -0.4 is 5.73 Å². The van der Waals surface area contributed by atoms with Gasteiger partial charge in [0.05, 0.1) is 0 Å². The number of alkyl halides is 2. The van der Waals surface area contributed by atoms with Crippen LogP contribution >= 0.6 is 38.5 Å². The molecule has 0 atom stereocenters. The van der Waals surface area contributed by atoms with E-state index < -0.39 is 18.0 Å². The van der Waals surface area contributed by atoms with E-state index in [1.807, 2.05) is 0 Å². The molecule has 7 heteroatoms. The first-order chi connectivity index (χ1) is 6.43. The first kappa shape index (κ1) is 11.8. The maximum Gasteiger partial charge on any atom is 0.281 e. The van der Waals surface area contributed by atoms with Crippen molar-refractivity contribution in [1.82, 2.24) is 4.98 Å². The molecule has 0 aliphatic heterocycles. The van der Waals surface area contributed by atoms with Gasteiger partial charge in [0.2, 0.25) is 0 Å². The molecule has 1 aromatic heterocycles. The third kappa shape index (κ3) is 2.38. The third-order valence-electron chi connectivity index (χ3n) is 1.40. The molecule has 0 radical (unpaired) electrons. The van der Waals surface area contributed by atoms with E-state index in [9.17, 15) is 13.6 Å². The average Bonchev–Trinajstić information content (AvgIpc) is 2.02. The summed E-state index contributed by atoms with van der Waals surface area (Å²) in [5.41, 5.74) is 4.35. The van der Waals surface area contributed by atoms with Gasteiger partial charge < -0.3 is 5.73 Å². The number of halogens is 4. The van der Waals surface area contributed by atoms with Crippen LogP contribution in [0.5, 0.6) is 0 Å². The minimum absolute atomic E-state index is 0.180. The minimum Gasteiger partial charge on any atom is -0.364 e. The highest BCUT2D eigenvalue weighted by molar-refractivity contribution is 14.1. The molecule has 0 aliphatic carbocycles. The fraction of sp³-hybridized carbons (Fsp3) is 0.143. The van der Waals surface area contributed by atoms with E-state index in [0.717, 1.165) is 0 Å². The number of pyridine rings is 1. The first-order valence-electron chi connectivity index (χ1n) is 3.37. The van der Waals surface area contributed by atoms with Gasteiger partial charge in [-0.3, -0.25) is 4.79 Å². The summed E-state index contributed by atoms with van der Waals surface area (Å²) in [5.74, 6) is -0.838. The fourth-order valence-electron chi connectivity index (χ4n) is 0.807.